The fourth-order valence-electron chi connectivity index (χ4n) is 3.60. The van der Waals surface area contributed by atoms with Gasteiger partial charge in [0.2, 0.25) is 0 Å². The van der Waals surface area contributed by atoms with Crippen LogP contribution in [0.1, 0.15) is 44.7 Å². The number of carbonyl (C=O) groups is 1. The Hall–Kier alpha value is -3.44. The topological polar surface area (TPSA) is 71.5 Å². The van der Waals surface area contributed by atoms with Crippen LogP contribution in [-0.2, 0) is 30.2 Å². The molecule has 1 aromatic heterocycles. The molecule has 2 aromatic carbocycles. The van der Waals surface area contributed by atoms with Crippen LogP contribution in [0.3, 0.4) is 0 Å². The van der Waals surface area contributed by atoms with Crippen molar-refractivity contribution in [1.82, 2.24) is 10.3 Å². The number of aromatic nitrogens is 1. The Kier molecular flexibility index (Phi) is 8.93. The molecule has 198 valence electrons. The van der Waals surface area contributed by atoms with Crippen LogP contribution in [0.15, 0.2) is 54.7 Å². The summed E-state index contributed by atoms with van der Waals surface area (Å²) in [4.78, 5) is 17.3. The van der Waals surface area contributed by atoms with Crippen molar-refractivity contribution in [2.75, 3.05) is 13.2 Å². The van der Waals surface area contributed by atoms with Crippen LogP contribution in [0.4, 0.5) is 26.3 Å². The number of pyridine rings is 1. The Morgan fingerprint density at radius 1 is 0.973 bits per heavy atom. The normalized spacial score (nSPS) is 12.0. The number of ether oxygens (including phenoxy) is 1. The zero-order valence-electron chi connectivity index (χ0n) is 19.7. The number of hydrogen-bond donors (Lipinski definition) is 2. The standard InChI is InChI=1S/C26H24F6N2O3/c1-16-5-2-3-6-21(16)22-12-20(15-37-8-4-7-35)33-14-23(22)24(36)34-13-17-9-18(25(27,28)29)11-19(10-17)26(30,31)32/h2-3,5-6,9-12,14,35H,4,7-8,13,15H2,1H3,(H,34,36). The number of benzene rings is 2. The molecule has 37 heavy (non-hydrogen) atoms. The first-order chi connectivity index (χ1) is 17.4. The number of nitrogens with zero attached hydrogens (tertiary/aromatic N) is 1. The Bertz CT molecular complexity index is 1210. The van der Waals surface area contributed by atoms with Crippen molar-refractivity contribution in [3.8, 4) is 11.1 Å². The van der Waals surface area contributed by atoms with Crippen LogP contribution in [0.2, 0.25) is 0 Å². The molecule has 1 amide bonds. The van der Waals surface area contributed by atoms with Crippen molar-refractivity contribution in [3.05, 3.63) is 88.2 Å². The van der Waals surface area contributed by atoms with Gasteiger partial charge in [-0.15, -0.1) is 0 Å². The van der Waals surface area contributed by atoms with Crippen LogP contribution in [0, 0.1) is 6.92 Å². The zero-order valence-corrected chi connectivity index (χ0v) is 19.7. The summed E-state index contributed by atoms with van der Waals surface area (Å²) in [5, 5.41) is 11.3. The van der Waals surface area contributed by atoms with E-state index in [-0.39, 0.29) is 30.4 Å². The van der Waals surface area contributed by atoms with Gasteiger partial charge in [-0.05, 0) is 59.9 Å². The lowest BCUT2D eigenvalue weighted by molar-refractivity contribution is -0.143. The average Bonchev–Trinajstić information content (AvgIpc) is 2.84. The molecule has 0 saturated carbocycles. The minimum Gasteiger partial charge on any atom is -0.396 e. The fourth-order valence-corrected chi connectivity index (χ4v) is 3.60. The molecule has 3 aromatic rings. The second kappa shape index (κ2) is 11.7. The highest BCUT2D eigenvalue weighted by Gasteiger charge is 2.36. The first-order valence-electron chi connectivity index (χ1n) is 11.2. The van der Waals surface area contributed by atoms with Crippen LogP contribution >= 0.6 is 0 Å². The Balaban J connectivity index is 1.90. The van der Waals surface area contributed by atoms with E-state index >= 15 is 0 Å². The number of hydrogen-bond acceptors (Lipinski definition) is 4. The number of aryl methyl sites for hydroxylation is 1. The second-order valence-electron chi connectivity index (χ2n) is 8.26. The summed E-state index contributed by atoms with van der Waals surface area (Å²) in [5.74, 6) is -0.718. The van der Waals surface area contributed by atoms with E-state index in [0.29, 0.717) is 42.0 Å². The van der Waals surface area contributed by atoms with Gasteiger partial charge in [-0.3, -0.25) is 9.78 Å². The lowest BCUT2D eigenvalue weighted by Crippen LogP contribution is -2.24. The van der Waals surface area contributed by atoms with Crippen molar-refractivity contribution < 1.29 is 41.0 Å². The van der Waals surface area contributed by atoms with Gasteiger partial charge in [-0.25, -0.2) is 0 Å². The molecule has 0 unspecified atom stereocenters. The lowest BCUT2D eigenvalue weighted by atomic mass is 9.96. The third-order valence-corrected chi connectivity index (χ3v) is 5.44. The highest BCUT2D eigenvalue weighted by atomic mass is 19.4. The predicted molar refractivity (Wildman–Crippen MR) is 123 cm³/mol. The molecule has 0 aliphatic heterocycles. The molecule has 5 nitrogen and oxygen atoms in total. The third kappa shape index (κ3) is 7.53. The minimum atomic E-state index is -4.99. The van der Waals surface area contributed by atoms with Gasteiger partial charge in [0.05, 0.1) is 29.0 Å². The van der Waals surface area contributed by atoms with Crippen LogP contribution in [0.5, 0.6) is 0 Å². The smallest absolute Gasteiger partial charge is 0.396 e. The number of halogens is 6. The first kappa shape index (κ1) is 28.1. The van der Waals surface area contributed by atoms with E-state index in [9.17, 15) is 31.1 Å². The quantitative estimate of drug-likeness (QED) is 0.268. The molecule has 2 N–H and O–H groups in total. The highest BCUT2D eigenvalue weighted by molar-refractivity contribution is 6.01. The fraction of sp³-hybridized carbons (Fsp3) is 0.308. The van der Waals surface area contributed by atoms with Crippen molar-refractivity contribution in [3.63, 3.8) is 0 Å². The van der Waals surface area contributed by atoms with Crippen molar-refractivity contribution in [2.45, 2.75) is 38.8 Å². The summed E-state index contributed by atoms with van der Waals surface area (Å²) in [6, 6.07) is 10.0. The Labute approximate surface area is 209 Å². The van der Waals surface area contributed by atoms with E-state index in [4.69, 9.17) is 9.84 Å². The third-order valence-electron chi connectivity index (χ3n) is 5.44. The maximum Gasteiger partial charge on any atom is 0.416 e. The first-order valence-corrected chi connectivity index (χ1v) is 11.2. The van der Waals surface area contributed by atoms with Gasteiger partial charge in [0, 0.05) is 26.0 Å². The molecular formula is C26H24F6N2O3. The van der Waals surface area contributed by atoms with Gasteiger partial charge in [-0.2, -0.15) is 26.3 Å². The van der Waals surface area contributed by atoms with E-state index in [1.165, 1.54) is 6.20 Å². The summed E-state index contributed by atoms with van der Waals surface area (Å²) in [6.07, 6.45) is -8.25. The minimum absolute atomic E-state index is 0.0304. The number of nitrogens with one attached hydrogen (secondary N) is 1. The number of aliphatic hydroxyl groups excluding tert-OH is 1. The largest absolute Gasteiger partial charge is 0.416 e. The number of alkyl halides is 6. The van der Waals surface area contributed by atoms with Gasteiger partial charge in [-0.1, -0.05) is 24.3 Å². The van der Waals surface area contributed by atoms with Crippen LogP contribution in [0.25, 0.3) is 11.1 Å². The summed E-state index contributed by atoms with van der Waals surface area (Å²) >= 11 is 0. The van der Waals surface area contributed by atoms with Gasteiger partial charge < -0.3 is 15.2 Å². The average molecular weight is 526 g/mol. The summed E-state index contributed by atoms with van der Waals surface area (Å²) < 4.78 is 84.4. The molecule has 0 atom stereocenters. The van der Waals surface area contributed by atoms with E-state index in [1.54, 1.807) is 18.2 Å². The molecule has 0 aliphatic rings. The molecule has 1 heterocycles. The maximum absolute atomic E-state index is 13.2. The molecule has 0 spiro atoms. The van der Waals surface area contributed by atoms with Crippen molar-refractivity contribution >= 4 is 5.91 Å². The number of aliphatic hydroxyl groups is 1. The van der Waals surface area contributed by atoms with E-state index < -0.39 is 35.9 Å². The number of rotatable bonds is 9. The summed E-state index contributed by atoms with van der Waals surface area (Å²) in [7, 11) is 0. The lowest BCUT2D eigenvalue weighted by Gasteiger charge is -2.16. The molecule has 0 bridgehead atoms. The van der Waals surface area contributed by atoms with E-state index in [1.807, 2.05) is 19.1 Å². The monoisotopic (exact) mass is 526 g/mol. The van der Waals surface area contributed by atoms with Gasteiger partial charge >= 0.3 is 12.4 Å². The number of carbonyl (C=O) groups excluding carboxylic acids is 1. The van der Waals surface area contributed by atoms with E-state index in [2.05, 4.69) is 10.3 Å². The molecule has 0 radical (unpaired) electrons. The molecule has 11 heteroatoms. The maximum atomic E-state index is 13.2. The predicted octanol–water partition coefficient (Wildman–Crippen LogP) is 5.92. The van der Waals surface area contributed by atoms with Crippen molar-refractivity contribution in [2.24, 2.45) is 0 Å². The Morgan fingerprint density at radius 2 is 1.62 bits per heavy atom. The Morgan fingerprint density at radius 3 is 2.22 bits per heavy atom. The molecule has 0 saturated heterocycles. The van der Waals surface area contributed by atoms with Crippen molar-refractivity contribution in [1.29, 1.82) is 0 Å². The summed E-state index contributed by atoms with van der Waals surface area (Å²) in [6.45, 7) is 1.65. The molecule has 3 rings (SSSR count). The molecule has 0 fully saturated rings. The SMILES string of the molecule is Cc1ccccc1-c1cc(COCCCO)ncc1C(=O)NCc1cc(C(F)(F)F)cc(C(F)(F)F)c1. The highest BCUT2D eigenvalue weighted by Crippen LogP contribution is 2.36. The van der Waals surface area contributed by atoms with E-state index in [0.717, 1.165) is 5.56 Å². The summed E-state index contributed by atoms with van der Waals surface area (Å²) in [5.41, 5.74) is -0.662. The van der Waals surface area contributed by atoms with Gasteiger partial charge in [0.25, 0.3) is 5.91 Å². The van der Waals surface area contributed by atoms with Crippen LogP contribution in [-0.4, -0.2) is 29.2 Å². The van der Waals surface area contributed by atoms with Gasteiger partial charge in [0.1, 0.15) is 0 Å². The van der Waals surface area contributed by atoms with Crippen LogP contribution < -0.4 is 5.32 Å². The number of amides is 1. The molecule has 0 aliphatic carbocycles. The zero-order chi connectivity index (χ0) is 27.2. The molecular weight excluding hydrogens is 502 g/mol. The van der Waals surface area contributed by atoms with Gasteiger partial charge in [0.15, 0.2) is 0 Å². The second-order valence-corrected chi connectivity index (χ2v) is 8.26.